The lowest BCUT2D eigenvalue weighted by Crippen LogP contribution is -2.50. The summed E-state index contributed by atoms with van der Waals surface area (Å²) in [5.74, 6) is -0.227. The van der Waals surface area contributed by atoms with Gasteiger partial charge in [-0.15, -0.1) is 0 Å². The van der Waals surface area contributed by atoms with Crippen molar-refractivity contribution in [2.75, 3.05) is 6.54 Å². The van der Waals surface area contributed by atoms with E-state index in [4.69, 9.17) is 0 Å². The molecule has 1 amide bonds. The molecule has 32 heavy (non-hydrogen) atoms. The first-order valence-corrected chi connectivity index (χ1v) is 10.6. The van der Waals surface area contributed by atoms with E-state index in [0.717, 1.165) is 17.5 Å². The first-order valence-electron chi connectivity index (χ1n) is 10.6. The van der Waals surface area contributed by atoms with Crippen molar-refractivity contribution in [1.29, 1.82) is 0 Å². The zero-order valence-corrected chi connectivity index (χ0v) is 17.6. The van der Waals surface area contributed by atoms with Crippen molar-refractivity contribution in [1.82, 2.24) is 14.5 Å². The maximum absolute atomic E-state index is 13.1. The lowest BCUT2D eigenvalue weighted by molar-refractivity contribution is -0.131. The Labute approximate surface area is 185 Å². The standard InChI is InChI=1S/C25H25N3O4/c29-22-15-18-27(24(31)26-22)16-8-14-23(30)28-17-7-13-21(28)25(32,19-9-3-1-4-10-19)20-11-5-2-6-12-20/h1-6,8-12,14-15,18,21,32H,7,13,16-17H2,(H,26,29,31)/b14-8+/t21-/m0/s1. The summed E-state index contributed by atoms with van der Waals surface area (Å²) in [4.78, 5) is 40.0. The molecule has 0 unspecified atom stereocenters. The van der Waals surface area contributed by atoms with E-state index in [0.29, 0.717) is 13.0 Å². The SMILES string of the molecule is O=C(/C=C/Cn1ccc(=O)[nH]c1=O)N1CCC[C@H]1C(O)(c1ccccc1)c1ccccc1. The first-order chi connectivity index (χ1) is 15.5. The Balaban J connectivity index is 1.61. The van der Waals surface area contributed by atoms with Gasteiger partial charge in [0.25, 0.3) is 5.56 Å². The van der Waals surface area contributed by atoms with Crippen molar-refractivity contribution in [3.8, 4) is 0 Å². The maximum atomic E-state index is 13.1. The number of carbonyl (C=O) groups is 1. The lowest BCUT2D eigenvalue weighted by Gasteiger charge is -2.39. The van der Waals surface area contributed by atoms with E-state index >= 15 is 0 Å². The van der Waals surface area contributed by atoms with E-state index in [1.165, 1.54) is 22.9 Å². The minimum atomic E-state index is -1.35. The molecule has 0 saturated carbocycles. The van der Waals surface area contributed by atoms with Crippen LogP contribution in [0.5, 0.6) is 0 Å². The van der Waals surface area contributed by atoms with Crippen LogP contribution in [-0.2, 0) is 16.9 Å². The van der Waals surface area contributed by atoms with Gasteiger partial charge in [0.15, 0.2) is 0 Å². The molecule has 4 rings (SSSR count). The highest BCUT2D eigenvalue weighted by Crippen LogP contribution is 2.40. The molecule has 2 aromatic carbocycles. The third-order valence-corrected chi connectivity index (χ3v) is 5.91. The zero-order valence-electron chi connectivity index (χ0n) is 17.6. The van der Waals surface area contributed by atoms with E-state index in [-0.39, 0.29) is 12.5 Å². The number of benzene rings is 2. The molecule has 2 N–H and O–H groups in total. The molecule has 1 aliphatic heterocycles. The van der Waals surface area contributed by atoms with Gasteiger partial charge < -0.3 is 10.0 Å². The van der Waals surface area contributed by atoms with Crippen molar-refractivity contribution >= 4 is 5.91 Å². The fourth-order valence-corrected chi connectivity index (χ4v) is 4.35. The maximum Gasteiger partial charge on any atom is 0.328 e. The molecule has 1 aromatic heterocycles. The molecule has 164 valence electrons. The average molecular weight is 431 g/mol. The van der Waals surface area contributed by atoms with E-state index in [2.05, 4.69) is 4.98 Å². The molecule has 0 radical (unpaired) electrons. The van der Waals surface area contributed by atoms with Gasteiger partial charge in [0, 0.05) is 31.4 Å². The molecular formula is C25H25N3O4. The largest absolute Gasteiger partial charge is 0.378 e. The van der Waals surface area contributed by atoms with Gasteiger partial charge in [0.2, 0.25) is 5.91 Å². The van der Waals surface area contributed by atoms with E-state index in [1.807, 2.05) is 60.7 Å². The predicted molar refractivity (Wildman–Crippen MR) is 121 cm³/mol. The van der Waals surface area contributed by atoms with Crippen LogP contribution >= 0.6 is 0 Å². The van der Waals surface area contributed by atoms with Crippen LogP contribution in [0.2, 0.25) is 0 Å². The van der Waals surface area contributed by atoms with Gasteiger partial charge in [-0.25, -0.2) is 4.79 Å². The lowest BCUT2D eigenvalue weighted by atomic mass is 9.79. The number of nitrogens with one attached hydrogen (secondary N) is 1. The van der Waals surface area contributed by atoms with Gasteiger partial charge in [-0.2, -0.15) is 0 Å². The minimum absolute atomic E-state index is 0.154. The number of aromatic nitrogens is 2. The third kappa shape index (κ3) is 4.20. The van der Waals surface area contributed by atoms with Crippen molar-refractivity contribution in [3.05, 3.63) is 117 Å². The van der Waals surface area contributed by atoms with Crippen LogP contribution in [0.25, 0.3) is 0 Å². The normalized spacial score (nSPS) is 16.5. The topological polar surface area (TPSA) is 95.4 Å². The second-order valence-corrected chi connectivity index (χ2v) is 7.85. The summed E-state index contributed by atoms with van der Waals surface area (Å²) in [6.45, 7) is 0.690. The molecule has 0 aliphatic carbocycles. The minimum Gasteiger partial charge on any atom is -0.378 e. The van der Waals surface area contributed by atoms with E-state index < -0.39 is 22.9 Å². The molecule has 1 atom stereocenters. The second kappa shape index (κ2) is 9.20. The van der Waals surface area contributed by atoms with Crippen molar-refractivity contribution in [3.63, 3.8) is 0 Å². The monoisotopic (exact) mass is 431 g/mol. The summed E-state index contributed by atoms with van der Waals surface area (Å²) >= 11 is 0. The summed E-state index contributed by atoms with van der Waals surface area (Å²) in [6, 6.07) is 19.7. The van der Waals surface area contributed by atoms with Crippen LogP contribution in [0.15, 0.2) is 94.7 Å². The number of carbonyl (C=O) groups excluding carboxylic acids is 1. The van der Waals surface area contributed by atoms with Gasteiger partial charge in [0.1, 0.15) is 5.60 Å². The van der Waals surface area contributed by atoms with Gasteiger partial charge in [0.05, 0.1) is 6.04 Å². The number of hydrogen-bond donors (Lipinski definition) is 2. The Hall–Kier alpha value is -3.71. The molecule has 2 heterocycles. The predicted octanol–water partition coefficient (Wildman–Crippen LogP) is 2.02. The Kier molecular flexibility index (Phi) is 6.18. The number of likely N-dealkylation sites (tertiary alicyclic amines) is 1. The third-order valence-electron chi connectivity index (χ3n) is 5.91. The second-order valence-electron chi connectivity index (χ2n) is 7.85. The summed E-state index contributed by atoms with van der Waals surface area (Å²) in [5, 5.41) is 12.0. The fraction of sp³-hybridized carbons (Fsp3) is 0.240. The number of rotatable bonds is 6. The van der Waals surface area contributed by atoms with Gasteiger partial charge >= 0.3 is 5.69 Å². The molecule has 0 spiro atoms. The van der Waals surface area contributed by atoms with E-state index in [1.54, 1.807) is 11.0 Å². The van der Waals surface area contributed by atoms with Gasteiger partial charge in [-0.3, -0.25) is 19.1 Å². The Morgan fingerprint density at radius 2 is 1.66 bits per heavy atom. The van der Waals surface area contributed by atoms with Crippen molar-refractivity contribution < 1.29 is 9.90 Å². The van der Waals surface area contributed by atoms with Crippen LogP contribution in [0, 0.1) is 0 Å². The first kappa shape index (κ1) is 21.5. The molecule has 1 aliphatic rings. The van der Waals surface area contributed by atoms with Gasteiger partial charge in [-0.1, -0.05) is 66.7 Å². The van der Waals surface area contributed by atoms with E-state index in [9.17, 15) is 19.5 Å². The number of aliphatic hydroxyl groups is 1. The Morgan fingerprint density at radius 1 is 1.03 bits per heavy atom. The number of amides is 1. The molecule has 7 heteroatoms. The van der Waals surface area contributed by atoms with Crippen LogP contribution in [0.3, 0.4) is 0 Å². The highest BCUT2D eigenvalue weighted by atomic mass is 16.3. The molecule has 0 bridgehead atoms. The highest BCUT2D eigenvalue weighted by molar-refractivity contribution is 5.88. The van der Waals surface area contributed by atoms with Crippen LogP contribution in [-0.4, -0.2) is 38.1 Å². The number of H-pyrrole nitrogens is 1. The van der Waals surface area contributed by atoms with Crippen molar-refractivity contribution in [2.45, 2.75) is 31.0 Å². The van der Waals surface area contributed by atoms with Crippen LogP contribution in [0.4, 0.5) is 0 Å². The summed E-state index contributed by atoms with van der Waals surface area (Å²) in [6.07, 6.45) is 5.84. The summed E-state index contributed by atoms with van der Waals surface area (Å²) in [7, 11) is 0. The molecule has 1 fully saturated rings. The summed E-state index contributed by atoms with van der Waals surface area (Å²) in [5.41, 5.74) is -0.874. The molecule has 7 nitrogen and oxygen atoms in total. The number of allylic oxidation sites excluding steroid dienone is 1. The smallest absolute Gasteiger partial charge is 0.328 e. The van der Waals surface area contributed by atoms with Crippen LogP contribution in [0.1, 0.15) is 24.0 Å². The molecule has 1 saturated heterocycles. The van der Waals surface area contributed by atoms with Crippen molar-refractivity contribution in [2.24, 2.45) is 0 Å². The quantitative estimate of drug-likeness (QED) is 0.584. The van der Waals surface area contributed by atoms with Gasteiger partial charge in [-0.05, 0) is 24.0 Å². The fourth-order valence-electron chi connectivity index (χ4n) is 4.35. The number of hydrogen-bond acceptors (Lipinski definition) is 4. The highest BCUT2D eigenvalue weighted by Gasteiger charge is 2.46. The summed E-state index contributed by atoms with van der Waals surface area (Å²) < 4.78 is 1.30. The Bertz CT molecular complexity index is 1180. The average Bonchev–Trinajstić information content (AvgIpc) is 3.32. The Morgan fingerprint density at radius 3 is 2.25 bits per heavy atom. The number of nitrogens with zero attached hydrogens (tertiary/aromatic N) is 2. The molecule has 3 aromatic rings. The zero-order chi connectivity index (χ0) is 22.6. The molecular weight excluding hydrogens is 406 g/mol. The number of aromatic amines is 1. The van der Waals surface area contributed by atoms with Crippen LogP contribution < -0.4 is 11.2 Å².